The Bertz CT molecular complexity index is 525. The number of aryl methyl sites for hydroxylation is 2. The first-order valence-corrected chi connectivity index (χ1v) is 9.04. The normalized spacial score (nSPS) is 28.1. The molecule has 2 heterocycles. The second kappa shape index (κ2) is 6.09. The van der Waals surface area contributed by atoms with Crippen molar-refractivity contribution in [3.63, 3.8) is 0 Å². The first-order valence-electron chi connectivity index (χ1n) is 8.22. The summed E-state index contributed by atoms with van der Waals surface area (Å²) in [7, 11) is 0. The maximum Gasteiger partial charge on any atom is 0.263 e. The van der Waals surface area contributed by atoms with Gasteiger partial charge in [-0.15, -0.1) is 11.3 Å². The highest BCUT2D eigenvalue weighted by Crippen LogP contribution is 2.39. The molecule has 1 N–H and O–H groups in total. The third-order valence-corrected chi connectivity index (χ3v) is 6.30. The molecule has 1 aliphatic carbocycles. The van der Waals surface area contributed by atoms with Crippen molar-refractivity contribution in [1.29, 1.82) is 0 Å². The number of aliphatic hydroxyl groups is 1. The average molecular weight is 307 g/mol. The molecule has 3 rings (SSSR count). The number of fused-ring (bicyclic) bond motifs is 1. The summed E-state index contributed by atoms with van der Waals surface area (Å²) < 4.78 is 0. The minimum absolute atomic E-state index is 0.179. The molecule has 21 heavy (non-hydrogen) atoms. The number of carbonyl (C=O) groups excluding carboxylic acids is 1. The topological polar surface area (TPSA) is 40.5 Å². The van der Waals surface area contributed by atoms with E-state index in [1.165, 1.54) is 10.4 Å². The van der Waals surface area contributed by atoms with E-state index in [1.807, 2.05) is 4.90 Å². The third-order valence-electron chi connectivity index (χ3n) is 5.07. The standard InChI is InChI=1S/C17H25NO2S/c1-3-5-15-11(4-2)8-16(21-15)17(20)18-9-12-6-7-14(19)13(12)10-18/h8,12-14,19H,3-7,9-10H2,1-2H3. The molecule has 0 bridgehead atoms. The van der Waals surface area contributed by atoms with Gasteiger partial charge in [0.15, 0.2) is 0 Å². The Morgan fingerprint density at radius 2 is 2.19 bits per heavy atom. The number of likely N-dealkylation sites (tertiary alicyclic amines) is 1. The molecule has 1 saturated carbocycles. The van der Waals surface area contributed by atoms with Gasteiger partial charge in [-0.25, -0.2) is 0 Å². The van der Waals surface area contributed by atoms with Crippen LogP contribution in [0.3, 0.4) is 0 Å². The number of hydrogen-bond acceptors (Lipinski definition) is 3. The zero-order valence-electron chi connectivity index (χ0n) is 13.0. The molecule has 1 aromatic rings. The van der Waals surface area contributed by atoms with Crippen LogP contribution in [0.25, 0.3) is 0 Å². The van der Waals surface area contributed by atoms with Crippen molar-refractivity contribution in [2.75, 3.05) is 13.1 Å². The first kappa shape index (κ1) is 15.0. The van der Waals surface area contributed by atoms with Gasteiger partial charge < -0.3 is 10.0 Å². The van der Waals surface area contributed by atoms with E-state index >= 15 is 0 Å². The van der Waals surface area contributed by atoms with Crippen LogP contribution in [-0.2, 0) is 12.8 Å². The van der Waals surface area contributed by atoms with Crippen molar-refractivity contribution >= 4 is 17.2 Å². The lowest BCUT2D eigenvalue weighted by molar-refractivity contribution is 0.0757. The molecule has 3 nitrogen and oxygen atoms in total. The quantitative estimate of drug-likeness (QED) is 0.928. The second-order valence-corrected chi connectivity index (χ2v) is 7.58. The van der Waals surface area contributed by atoms with Gasteiger partial charge >= 0.3 is 0 Å². The van der Waals surface area contributed by atoms with Crippen molar-refractivity contribution in [2.24, 2.45) is 11.8 Å². The maximum atomic E-state index is 12.7. The molecular formula is C17H25NO2S. The van der Waals surface area contributed by atoms with Crippen molar-refractivity contribution in [2.45, 2.75) is 52.1 Å². The minimum Gasteiger partial charge on any atom is -0.393 e. The van der Waals surface area contributed by atoms with E-state index in [4.69, 9.17) is 0 Å². The summed E-state index contributed by atoms with van der Waals surface area (Å²) in [4.78, 5) is 17.0. The molecule has 3 unspecified atom stereocenters. The van der Waals surface area contributed by atoms with Crippen LogP contribution in [0, 0.1) is 11.8 Å². The van der Waals surface area contributed by atoms with Crippen molar-refractivity contribution in [3.05, 3.63) is 21.4 Å². The molecule has 0 spiro atoms. The van der Waals surface area contributed by atoms with Crippen LogP contribution in [0.5, 0.6) is 0 Å². The van der Waals surface area contributed by atoms with Crippen LogP contribution in [0.1, 0.15) is 53.2 Å². The lowest BCUT2D eigenvalue weighted by Gasteiger charge is -2.17. The smallest absolute Gasteiger partial charge is 0.263 e. The molecule has 1 saturated heterocycles. The van der Waals surface area contributed by atoms with Crippen molar-refractivity contribution in [1.82, 2.24) is 4.90 Å². The molecule has 1 aromatic heterocycles. The van der Waals surface area contributed by atoms with E-state index in [9.17, 15) is 9.90 Å². The zero-order valence-corrected chi connectivity index (χ0v) is 13.8. The molecular weight excluding hydrogens is 282 g/mol. The highest BCUT2D eigenvalue weighted by molar-refractivity contribution is 7.14. The fraction of sp³-hybridized carbons (Fsp3) is 0.706. The molecule has 1 amide bonds. The van der Waals surface area contributed by atoms with Gasteiger partial charge in [0.25, 0.3) is 5.91 Å². The average Bonchev–Trinajstić information content (AvgIpc) is 3.15. The lowest BCUT2D eigenvalue weighted by atomic mass is 10.00. The Kier molecular flexibility index (Phi) is 4.36. The third kappa shape index (κ3) is 2.76. The molecule has 4 heteroatoms. The van der Waals surface area contributed by atoms with Crippen LogP contribution < -0.4 is 0 Å². The van der Waals surface area contributed by atoms with E-state index in [1.54, 1.807) is 11.3 Å². The number of aliphatic hydroxyl groups excluding tert-OH is 1. The number of rotatable bonds is 4. The van der Waals surface area contributed by atoms with Gasteiger partial charge in [0.1, 0.15) is 0 Å². The van der Waals surface area contributed by atoms with Crippen LogP contribution in [0.2, 0.25) is 0 Å². The SMILES string of the molecule is CCCc1sc(C(=O)N2CC3CCC(O)C3C2)cc1CC. The summed E-state index contributed by atoms with van der Waals surface area (Å²) in [6.45, 7) is 5.92. The maximum absolute atomic E-state index is 12.7. The van der Waals surface area contributed by atoms with Crippen LogP contribution in [-0.4, -0.2) is 35.1 Å². The van der Waals surface area contributed by atoms with Gasteiger partial charge in [0.2, 0.25) is 0 Å². The molecule has 2 aliphatic rings. The monoisotopic (exact) mass is 307 g/mol. The van der Waals surface area contributed by atoms with E-state index in [0.717, 1.165) is 50.1 Å². The van der Waals surface area contributed by atoms with Crippen LogP contribution in [0.15, 0.2) is 6.07 Å². The Morgan fingerprint density at radius 3 is 2.86 bits per heavy atom. The molecule has 0 radical (unpaired) electrons. The lowest BCUT2D eigenvalue weighted by Crippen LogP contribution is -2.30. The second-order valence-electron chi connectivity index (χ2n) is 6.44. The highest BCUT2D eigenvalue weighted by atomic mass is 32.1. The first-order chi connectivity index (χ1) is 10.1. The van der Waals surface area contributed by atoms with Gasteiger partial charge in [0, 0.05) is 23.9 Å². The molecule has 2 fully saturated rings. The largest absolute Gasteiger partial charge is 0.393 e. The van der Waals surface area contributed by atoms with E-state index in [-0.39, 0.29) is 12.0 Å². The summed E-state index contributed by atoms with van der Waals surface area (Å²) in [5.74, 6) is 1.01. The number of amides is 1. The summed E-state index contributed by atoms with van der Waals surface area (Å²) in [6.07, 6.45) is 4.99. The molecule has 0 aromatic carbocycles. The molecule has 3 atom stereocenters. The Morgan fingerprint density at radius 1 is 1.38 bits per heavy atom. The number of carbonyl (C=O) groups is 1. The fourth-order valence-electron chi connectivity index (χ4n) is 3.87. The van der Waals surface area contributed by atoms with Crippen LogP contribution >= 0.6 is 11.3 Å². The van der Waals surface area contributed by atoms with Crippen LogP contribution in [0.4, 0.5) is 0 Å². The van der Waals surface area contributed by atoms with Gasteiger partial charge in [-0.05, 0) is 43.2 Å². The number of hydrogen-bond donors (Lipinski definition) is 1. The van der Waals surface area contributed by atoms with E-state index in [0.29, 0.717) is 11.8 Å². The van der Waals surface area contributed by atoms with Gasteiger partial charge in [-0.2, -0.15) is 0 Å². The summed E-state index contributed by atoms with van der Waals surface area (Å²) in [5.41, 5.74) is 1.34. The Balaban J connectivity index is 1.74. The number of nitrogens with zero attached hydrogens (tertiary/aromatic N) is 1. The Labute approximate surface area is 131 Å². The van der Waals surface area contributed by atoms with Crippen molar-refractivity contribution < 1.29 is 9.90 Å². The zero-order chi connectivity index (χ0) is 15.0. The summed E-state index contributed by atoms with van der Waals surface area (Å²) in [6, 6.07) is 2.10. The predicted molar refractivity (Wildman–Crippen MR) is 85.8 cm³/mol. The summed E-state index contributed by atoms with van der Waals surface area (Å²) in [5, 5.41) is 9.99. The Hall–Kier alpha value is -0.870. The predicted octanol–water partition coefficient (Wildman–Crippen LogP) is 3.11. The van der Waals surface area contributed by atoms with Gasteiger partial charge in [0.05, 0.1) is 11.0 Å². The number of thiophene rings is 1. The summed E-state index contributed by atoms with van der Waals surface area (Å²) >= 11 is 1.68. The van der Waals surface area contributed by atoms with Crippen molar-refractivity contribution in [3.8, 4) is 0 Å². The molecule has 1 aliphatic heterocycles. The molecule has 116 valence electrons. The highest BCUT2D eigenvalue weighted by Gasteiger charge is 2.43. The van der Waals surface area contributed by atoms with E-state index in [2.05, 4.69) is 19.9 Å². The fourth-order valence-corrected chi connectivity index (χ4v) is 5.19. The van der Waals surface area contributed by atoms with E-state index < -0.39 is 0 Å². The minimum atomic E-state index is -0.196. The van der Waals surface area contributed by atoms with Gasteiger partial charge in [-0.3, -0.25) is 4.79 Å². The van der Waals surface area contributed by atoms with Gasteiger partial charge in [-0.1, -0.05) is 20.3 Å².